The molecule has 0 aliphatic heterocycles. The van der Waals surface area contributed by atoms with Gasteiger partial charge < -0.3 is 10.2 Å². The largest absolute Gasteiger partial charge is 0.508 e. The molecule has 35 heavy (non-hydrogen) atoms. The summed E-state index contributed by atoms with van der Waals surface area (Å²) in [5.74, 6) is 0.732. The Morgan fingerprint density at radius 1 is 0.371 bits per heavy atom. The molecule has 198 valence electrons. The van der Waals surface area contributed by atoms with Crippen molar-refractivity contribution in [2.45, 2.75) is 136 Å². The van der Waals surface area contributed by atoms with E-state index in [1.165, 1.54) is 120 Å². The van der Waals surface area contributed by atoms with Crippen LogP contribution in [0.15, 0.2) is 48.5 Å². The molecule has 0 amide bonds. The SMILES string of the molecule is CCCCCCCCCCCCc1ccc(O)cc1.CCCCCCCCCc1ccc(O)cc1. The van der Waals surface area contributed by atoms with E-state index in [-0.39, 0.29) is 0 Å². The van der Waals surface area contributed by atoms with Gasteiger partial charge in [-0.1, -0.05) is 134 Å². The molecule has 2 rings (SSSR count). The second-order valence-electron chi connectivity index (χ2n) is 10.1. The predicted octanol–water partition coefficient (Wildman–Crippen LogP) is 10.5. The quantitative estimate of drug-likeness (QED) is 0.195. The van der Waals surface area contributed by atoms with Gasteiger partial charge in [-0.05, 0) is 61.1 Å². The number of rotatable bonds is 19. The Morgan fingerprint density at radius 3 is 0.914 bits per heavy atom. The highest BCUT2D eigenvalue weighted by atomic mass is 16.3. The van der Waals surface area contributed by atoms with E-state index in [9.17, 15) is 5.11 Å². The standard InChI is InChI=1S/C18H30O.C15H24O/c1-2-3-4-5-6-7-8-9-10-11-12-17-13-15-18(19)16-14-17;1-2-3-4-5-6-7-8-9-14-10-12-15(16)13-11-14/h13-16,19H,2-12H2,1H3;10-13,16H,2-9H2,1H3. The van der Waals surface area contributed by atoms with E-state index in [1.54, 1.807) is 24.3 Å². The lowest BCUT2D eigenvalue weighted by Gasteiger charge is -2.03. The molecule has 0 aliphatic carbocycles. The highest BCUT2D eigenvalue weighted by molar-refractivity contribution is 5.26. The first-order chi connectivity index (χ1) is 17.2. The highest BCUT2D eigenvalue weighted by Crippen LogP contribution is 2.15. The minimum absolute atomic E-state index is 0.364. The van der Waals surface area contributed by atoms with Crippen LogP contribution in [0.4, 0.5) is 0 Å². The number of benzene rings is 2. The van der Waals surface area contributed by atoms with Gasteiger partial charge in [-0.15, -0.1) is 0 Å². The topological polar surface area (TPSA) is 40.5 Å². The first-order valence-corrected chi connectivity index (χ1v) is 14.7. The summed E-state index contributed by atoms with van der Waals surface area (Å²) in [6.45, 7) is 4.53. The molecular weight excluding hydrogens is 428 g/mol. The lowest BCUT2D eigenvalue weighted by molar-refractivity contribution is 0.474. The van der Waals surface area contributed by atoms with Crippen LogP contribution in [-0.2, 0) is 12.8 Å². The summed E-state index contributed by atoms with van der Waals surface area (Å²) in [6, 6.07) is 15.2. The molecule has 0 heterocycles. The maximum atomic E-state index is 9.20. The van der Waals surface area contributed by atoms with Crippen LogP contribution >= 0.6 is 0 Å². The summed E-state index contributed by atoms with van der Waals surface area (Å²) in [6.07, 6.45) is 25.7. The third kappa shape index (κ3) is 19.0. The van der Waals surface area contributed by atoms with Gasteiger partial charge >= 0.3 is 0 Å². The minimum Gasteiger partial charge on any atom is -0.508 e. The Hall–Kier alpha value is -1.96. The highest BCUT2D eigenvalue weighted by Gasteiger charge is 1.96. The predicted molar refractivity (Wildman–Crippen MR) is 153 cm³/mol. The van der Waals surface area contributed by atoms with Gasteiger partial charge in [-0.2, -0.15) is 0 Å². The summed E-state index contributed by atoms with van der Waals surface area (Å²) in [5, 5.41) is 18.4. The number of unbranched alkanes of at least 4 members (excludes halogenated alkanes) is 15. The zero-order valence-electron chi connectivity index (χ0n) is 22.9. The molecule has 2 aromatic rings. The van der Waals surface area contributed by atoms with Crippen molar-refractivity contribution < 1.29 is 10.2 Å². The van der Waals surface area contributed by atoms with Gasteiger partial charge in [0.2, 0.25) is 0 Å². The van der Waals surface area contributed by atoms with Crippen LogP contribution in [0.25, 0.3) is 0 Å². The first kappa shape index (κ1) is 31.1. The average Bonchev–Trinajstić information content (AvgIpc) is 2.87. The zero-order chi connectivity index (χ0) is 25.4. The summed E-state index contributed by atoms with van der Waals surface area (Å²) >= 11 is 0. The summed E-state index contributed by atoms with van der Waals surface area (Å²) in [5.41, 5.74) is 2.68. The Balaban J connectivity index is 0.000000355. The molecular formula is C33H54O2. The van der Waals surface area contributed by atoms with Crippen molar-refractivity contribution >= 4 is 0 Å². The van der Waals surface area contributed by atoms with E-state index in [1.807, 2.05) is 24.3 Å². The van der Waals surface area contributed by atoms with Crippen LogP contribution in [0, 0.1) is 0 Å². The van der Waals surface area contributed by atoms with Gasteiger partial charge in [0.05, 0.1) is 0 Å². The molecule has 0 saturated carbocycles. The van der Waals surface area contributed by atoms with E-state index in [0.717, 1.165) is 12.8 Å². The lowest BCUT2D eigenvalue weighted by atomic mass is 10.0. The molecule has 0 aromatic heterocycles. The van der Waals surface area contributed by atoms with Gasteiger partial charge in [0.1, 0.15) is 11.5 Å². The molecule has 2 heteroatoms. The van der Waals surface area contributed by atoms with Gasteiger partial charge in [-0.3, -0.25) is 0 Å². The summed E-state index contributed by atoms with van der Waals surface area (Å²) < 4.78 is 0. The van der Waals surface area contributed by atoms with Crippen LogP contribution in [0.3, 0.4) is 0 Å². The fourth-order valence-corrected chi connectivity index (χ4v) is 4.43. The normalized spacial score (nSPS) is 10.7. The zero-order valence-corrected chi connectivity index (χ0v) is 22.9. The van der Waals surface area contributed by atoms with E-state index in [4.69, 9.17) is 5.11 Å². The van der Waals surface area contributed by atoms with Crippen LogP contribution < -0.4 is 0 Å². The summed E-state index contributed by atoms with van der Waals surface area (Å²) in [7, 11) is 0. The van der Waals surface area contributed by atoms with Crippen LogP contribution in [0.2, 0.25) is 0 Å². The second-order valence-corrected chi connectivity index (χ2v) is 10.1. The van der Waals surface area contributed by atoms with E-state index < -0.39 is 0 Å². The molecule has 2 N–H and O–H groups in total. The van der Waals surface area contributed by atoms with Gasteiger partial charge in [0.25, 0.3) is 0 Å². The number of hydrogen-bond donors (Lipinski definition) is 2. The average molecular weight is 483 g/mol. The van der Waals surface area contributed by atoms with Gasteiger partial charge in [-0.25, -0.2) is 0 Å². The van der Waals surface area contributed by atoms with E-state index in [0.29, 0.717) is 11.5 Å². The fraction of sp³-hybridized carbons (Fsp3) is 0.636. The molecule has 0 fully saturated rings. The van der Waals surface area contributed by atoms with Crippen molar-refractivity contribution in [1.29, 1.82) is 0 Å². The smallest absolute Gasteiger partial charge is 0.115 e. The number of aryl methyl sites for hydroxylation is 2. The summed E-state index contributed by atoms with van der Waals surface area (Å²) in [4.78, 5) is 0. The maximum absolute atomic E-state index is 9.20. The Morgan fingerprint density at radius 2 is 0.629 bits per heavy atom. The van der Waals surface area contributed by atoms with Crippen molar-refractivity contribution in [3.63, 3.8) is 0 Å². The molecule has 0 radical (unpaired) electrons. The second kappa shape index (κ2) is 22.5. The van der Waals surface area contributed by atoms with Crippen molar-refractivity contribution in [1.82, 2.24) is 0 Å². The number of phenols is 2. The van der Waals surface area contributed by atoms with Gasteiger partial charge in [0.15, 0.2) is 0 Å². The fourth-order valence-electron chi connectivity index (χ4n) is 4.43. The van der Waals surface area contributed by atoms with E-state index in [2.05, 4.69) is 13.8 Å². The molecule has 0 unspecified atom stereocenters. The molecule has 2 aromatic carbocycles. The van der Waals surface area contributed by atoms with Crippen molar-refractivity contribution in [3.05, 3.63) is 59.7 Å². The van der Waals surface area contributed by atoms with Crippen molar-refractivity contribution in [2.24, 2.45) is 0 Å². The third-order valence-corrected chi connectivity index (χ3v) is 6.76. The molecule has 0 bridgehead atoms. The van der Waals surface area contributed by atoms with E-state index >= 15 is 0 Å². The van der Waals surface area contributed by atoms with Crippen LogP contribution in [0.1, 0.15) is 134 Å². The molecule has 0 aliphatic rings. The first-order valence-electron chi connectivity index (χ1n) is 14.7. The minimum atomic E-state index is 0.364. The monoisotopic (exact) mass is 482 g/mol. The maximum Gasteiger partial charge on any atom is 0.115 e. The number of aromatic hydroxyl groups is 2. The lowest BCUT2D eigenvalue weighted by Crippen LogP contribution is -1.86. The van der Waals surface area contributed by atoms with Crippen molar-refractivity contribution in [3.8, 4) is 11.5 Å². The number of hydrogen-bond acceptors (Lipinski definition) is 2. The van der Waals surface area contributed by atoms with Crippen molar-refractivity contribution in [2.75, 3.05) is 0 Å². The molecule has 2 nitrogen and oxygen atoms in total. The third-order valence-electron chi connectivity index (χ3n) is 6.76. The number of phenolic OH excluding ortho intramolecular Hbond substituents is 2. The van der Waals surface area contributed by atoms with Crippen LogP contribution in [-0.4, -0.2) is 10.2 Å². The van der Waals surface area contributed by atoms with Crippen LogP contribution in [0.5, 0.6) is 11.5 Å². The molecule has 0 atom stereocenters. The molecule has 0 spiro atoms. The van der Waals surface area contributed by atoms with Gasteiger partial charge in [0, 0.05) is 0 Å². The Labute approximate surface area is 217 Å². The Kier molecular flexibility index (Phi) is 20.0. The Bertz CT molecular complexity index is 690. The molecule has 0 saturated heterocycles.